The molecule has 0 aliphatic heterocycles. The summed E-state index contributed by atoms with van der Waals surface area (Å²) < 4.78 is 0. The first-order chi connectivity index (χ1) is 8.00. The van der Waals surface area contributed by atoms with Crippen molar-refractivity contribution in [3.05, 3.63) is 29.3 Å². The van der Waals surface area contributed by atoms with E-state index in [0.29, 0.717) is 10.7 Å². The van der Waals surface area contributed by atoms with Gasteiger partial charge in [0.2, 0.25) is 0 Å². The van der Waals surface area contributed by atoms with Crippen LogP contribution in [0.15, 0.2) is 24.3 Å². The average Bonchev–Trinajstić information content (AvgIpc) is 2.29. The second kappa shape index (κ2) is 6.07. The Hall–Kier alpha value is -1.79. The monoisotopic (exact) mass is 257 g/mol. The molecule has 17 heavy (non-hydrogen) atoms. The topological polar surface area (TPSA) is 104 Å². The molecule has 0 unspecified atom stereocenters. The highest BCUT2D eigenvalue weighted by Crippen LogP contribution is 2.19. The Kier molecular flexibility index (Phi) is 4.74. The minimum absolute atomic E-state index is 0.161. The number of hydrogen-bond acceptors (Lipinski definition) is 3. The van der Waals surface area contributed by atoms with E-state index in [1.54, 1.807) is 24.3 Å². The maximum atomic E-state index is 11.4. The number of amides is 2. The number of anilines is 1. The first kappa shape index (κ1) is 13.3. The molecule has 1 rings (SSSR count). The number of carboxylic acids is 1. The van der Waals surface area contributed by atoms with Crippen LogP contribution >= 0.6 is 11.6 Å². The van der Waals surface area contributed by atoms with Crippen molar-refractivity contribution < 1.29 is 14.7 Å². The van der Waals surface area contributed by atoms with Gasteiger partial charge in [-0.1, -0.05) is 23.7 Å². The van der Waals surface area contributed by atoms with Crippen LogP contribution in [0.2, 0.25) is 5.02 Å². The van der Waals surface area contributed by atoms with Gasteiger partial charge in [0.15, 0.2) is 0 Å². The van der Waals surface area contributed by atoms with Gasteiger partial charge < -0.3 is 21.5 Å². The Labute approximate surface area is 103 Å². The molecule has 0 heterocycles. The van der Waals surface area contributed by atoms with Gasteiger partial charge in [-0.25, -0.2) is 4.79 Å². The van der Waals surface area contributed by atoms with Crippen molar-refractivity contribution >= 4 is 29.3 Å². The fraction of sp³-hybridized carbons (Fsp3) is 0.200. The first-order valence-electron chi connectivity index (χ1n) is 4.78. The summed E-state index contributed by atoms with van der Waals surface area (Å²) in [6.45, 7) is -0.161. The number of benzene rings is 1. The Morgan fingerprint density at radius 3 is 2.65 bits per heavy atom. The third-order valence-electron chi connectivity index (χ3n) is 1.92. The predicted octanol–water partition coefficient (Wildman–Crippen LogP) is 0.873. The van der Waals surface area contributed by atoms with Crippen LogP contribution in [0.25, 0.3) is 0 Å². The molecule has 1 aromatic carbocycles. The number of urea groups is 1. The fourth-order valence-corrected chi connectivity index (χ4v) is 1.20. The van der Waals surface area contributed by atoms with Crippen molar-refractivity contribution in [1.82, 2.24) is 5.32 Å². The standard InChI is InChI=1S/C10H12ClN3O3/c11-6-3-1-2-4-8(6)14-10(17)13-5-7(12)9(15)16/h1-4,7H,5,12H2,(H,15,16)(H2,13,14,17)/t7-/m0/s1. The number of nitrogens with one attached hydrogen (secondary N) is 2. The van der Waals surface area contributed by atoms with Crippen molar-refractivity contribution in [3.8, 4) is 0 Å². The van der Waals surface area contributed by atoms with Gasteiger partial charge in [-0.05, 0) is 12.1 Å². The number of para-hydroxylation sites is 1. The van der Waals surface area contributed by atoms with Gasteiger partial charge in [0.25, 0.3) is 0 Å². The molecule has 0 aliphatic carbocycles. The molecule has 5 N–H and O–H groups in total. The van der Waals surface area contributed by atoms with E-state index in [0.717, 1.165) is 0 Å². The van der Waals surface area contributed by atoms with E-state index in [1.807, 2.05) is 0 Å². The zero-order chi connectivity index (χ0) is 12.8. The lowest BCUT2D eigenvalue weighted by atomic mass is 10.3. The number of nitrogens with two attached hydrogens (primary N) is 1. The van der Waals surface area contributed by atoms with E-state index in [2.05, 4.69) is 10.6 Å². The molecular weight excluding hydrogens is 246 g/mol. The maximum absolute atomic E-state index is 11.4. The van der Waals surface area contributed by atoms with Gasteiger partial charge >= 0.3 is 12.0 Å². The largest absolute Gasteiger partial charge is 0.480 e. The Morgan fingerprint density at radius 2 is 2.06 bits per heavy atom. The third-order valence-corrected chi connectivity index (χ3v) is 2.25. The molecule has 0 spiro atoms. The second-order valence-corrected chi connectivity index (χ2v) is 3.67. The summed E-state index contributed by atoms with van der Waals surface area (Å²) >= 11 is 5.82. The molecule has 0 saturated carbocycles. The van der Waals surface area contributed by atoms with E-state index in [4.69, 9.17) is 22.4 Å². The van der Waals surface area contributed by atoms with Crippen LogP contribution in [-0.4, -0.2) is 29.7 Å². The average molecular weight is 258 g/mol. The smallest absolute Gasteiger partial charge is 0.322 e. The maximum Gasteiger partial charge on any atom is 0.322 e. The molecule has 0 radical (unpaired) electrons. The third kappa shape index (κ3) is 4.29. The Bertz CT molecular complexity index is 425. The number of carbonyl (C=O) groups is 2. The van der Waals surface area contributed by atoms with Crippen molar-refractivity contribution in [2.75, 3.05) is 11.9 Å². The Morgan fingerprint density at radius 1 is 1.41 bits per heavy atom. The van der Waals surface area contributed by atoms with Crippen molar-refractivity contribution in [2.24, 2.45) is 5.73 Å². The number of carboxylic acid groups (broad SMARTS) is 1. The van der Waals surface area contributed by atoms with Crippen LogP contribution in [0.5, 0.6) is 0 Å². The second-order valence-electron chi connectivity index (χ2n) is 3.26. The molecule has 2 amide bonds. The quantitative estimate of drug-likeness (QED) is 0.642. The zero-order valence-electron chi connectivity index (χ0n) is 8.81. The lowest BCUT2D eigenvalue weighted by Crippen LogP contribution is -2.43. The number of halogens is 1. The lowest BCUT2D eigenvalue weighted by Gasteiger charge is -2.10. The van der Waals surface area contributed by atoms with Crippen LogP contribution in [-0.2, 0) is 4.79 Å². The molecule has 92 valence electrons. The lowest BCUT2D eigenvalue weighted by molar-refractivity contribution is -0.138. The van der Waals surface area contributed by atoms with Crippen LogP contribution in [0.3, 0.4) is 0 Å². The van der Waals surface area contributed by atoms with Gasteiger partial charge in [0.05, 0.1) is 10.7 Å². The molecule has 1 atom stereocenters. The summed E-state index contributed by atoms with van der Waals surface area (Å²) in [7, 11) is 0. The molecular formula is C10H12ClN3O3. The summed E-state index contributed by atoms with van der Waals surface area (Å²) in [4.78, 5) is 21.8. The highest BCUT2D eigenvalue weighted by atomic mass is 35.5. The van der Waals surface area contributed by atoms with Crippen LogP contribution in [0, 0.1) is 0 Å². The summed E-state index contributed by atoms with van der Waals surface area (Å²) in [5, 5.41) is 13.7. The van der Waals surface area contributed by atoms with Crippen LogP contribution in [0.4, 0.5) is 10.5 Å². The van der Waals surface area contributed by atoms with Gasteiger partial charge in [-0.15, -0.1) is 0 Å². The number of hydrogen-bond donors (Lipinski definition) is 4. The molecule has 0 fully saturated rings. The SMILES string of the molecule is N[C@@H](CNC(=O)Nc1ccccc1Cl)C(=O)O. The van der Waals surface area contributed by atoms with Gasteiger partial charge in [-0.3, -0.25) is 4.79 Å². The van der Waals surface area contributed by atoms with E-state index in [9.17, 15) is 9.59 Å². The fourth-order valence-electron chi connectivity index (χ4n) is 1.02. The predicted molar refractivity (Wildman–Crippen MR) is 64.1 cm³/mol. The highest BCUT2D eigenvalue weighted by Gasteiger charge is 2.12. The summed E-state index contributed by atoms with van der Waals surface area (Å²) in [5.74, 6) is -1.18. The molecule has 1 aromatic rings. The Balaban J connectivity index is 2.46. The normalized spacial score (nSPS) is 11.6. The van der Waals surface area contributed by atoms with Crippen molar-refractivity contribution in [1.29, 1.82) is 0 Å². The van der Waals surface area contributed by atoms with Crippen LogP contribution < -0.4 is 16.4 Å². The van der Waals surface area contributed by atoms with Crippen molar-refractivity contribution in [2.45, 2.75) is 6.04 Å². The van der Waals surface area contributed by atoms with Gasteiger partial charge in [-0.2, -0.15) is 0 Å². The van der Waals surface area contributed by atoms with E-state index in [-0.39, 0.29) is 6.54 Å². The molecule has 0 aromatic heterocycles. The summed E-state index contributed by atoms with van der Waals surface area (Å²) in [6.07, 6.45) is 0. The minimum Gasteiger partial charge on any atom is -0.480 e. The molecule has 0 saturated heterocycles. The number of carbonyl (C=O) groups excluding carboxylic acids is 1. The highest BCUT2D eigenvalue weighted by molar-refractivity contribution is 6.33. The van der Waals surface area contributed by atoms with Crippen LogP contribution in [0.1, 0.15) is 0 Å². The summed E-state index contributed by atoms with van der Waals surface area (Å²) in [5.41, 5.74) is 5.66. The van der Waals surface area contributed by atoms with Gasteiger partial charge in [0, 0.05) is 6.54 Å². The molecule has 6 nitrogen and oxygen atoms in total. The minimum atomic E-state index is -1.18. The molecule has 0 bridgehead atoms. The van der Waals surface area contributed by atoms with Crippen molar-refractivity contribution in [3.63, 3.8) is 0 Å². The number of aliphatic carboxylic acids is 1. The number of rotatable bonds is 4. The molecule has 7 heteroatoms. The van der Waals surface area contributed by atoms with E-state index < -0.39 is 18.0 Å². The van der Waals surface area contributed by atoms with Gasteiger partial charge in [0.1, 0.15) is 6.04 Å². The summed E-state index contributed by atoms with van der Waals surface area (Å²) in [6, 6.07) is 5.00. The van der Waals surface area contributed by atoms with E-state index >= 15 is 0 Å². The van der Waals surface area contributed by atoms with E-state index in [1.165, 1.54) is 0 Å². The first-order valence-corrected chi connectivity index (χ1v) is 5.16. The molecule has 0 aliphatic rings. The zero-order valence-corrected chi connectivity index (χ0v) is 9.57.